The number of hydrogen-bond acceptors (Lipinski definition) is 3. The molecule has 170 valence electrons. The molecule has 0 unspecified atom stereocenters. The Kier molecular flexibility index (Phi) is 5.63. The normalized spacial score (nSPS) is 11.3. The highest BCUT2D eigenvalue weighted by atomic mass is 35.5. The number of nitrogens with zero attached hydrogens (tertiary/aromatic N) is 4. The highest BCUT2D eigenvalue weighted by Crippen LogP contribution is 2.35. The largest absolute Gasteiger partial charge is 0.367 e. The molecule has 0 atom stereocenters. The van der Waals surface area contributed by atoms with Crippen LogP contribution in [0.5, 0.6) is 0 Å². The summed E-state index contributed by atoms with van der Waals surface area (Å²) in [6.07, 6.45) is 1.52. The minimum Gasteiger partial charge on any atom is -0.244 e. The zero-order valence-corrected chi connectivity index (χ0v) is 18.7. The molecule has 5 rings (SSSR count). The van der Waals surface area contributed by atoms with Crippen LogP contribution < -0.4 is 5.69 Å². The van der Waals surface area contributed by atoms with E-state index in [4.69, 9.17) is 23.2 Å². The Morgan fingerprint density at radius 3 is 2.03 bits per heavy atom. The highest BCUT2D eigenvalue weighted by Gasteiger charge is 2.20. The molecule has 0 saturated carbocycles. The Labute approximate surface area is 200 Å². The van der Waals surface area contributed by atoms with Crippen molar-refractivity contribution in [3.8, 4) is 22.3 Å². The van der Waals surface area contributed by atoms with E-state index in [0.717, 1.165) is 14.8 Å². The van der Waals surface area contributed by atoms with E-state index in [2.05, 4.69) is 10.2 Å². The molecular formula is C24H13Cl2F3N4O. The third-order valence-electron chi connectivity index (χ3n) is 5.31. The molecule has 0 N–H and O–H groups in total. The minimum absolute atomic E-state index is 0.197. The van der Waals surface area contributed by atoms with Gasteiger partial charge < -0.3 is 0 Å². The first-order valence-corrected chi connectivity index (χ1v) is 10.7. The van der Waals surface area contributed by atoms with Crippen LogP contribution in [0.4, 0.5) is 13.2 Å². The van der Waals surface area contributed by atoms with Crippen LogP contribution in [0, 0.1) is 17.5 Å². The molecule has 0 radical (unpaired) electrons. The van der Waals surface area contributed by atoms with Gasteiger partial charge in [-0.15, -0.1) is 5.10 Å². The molecule has 10 heteroatoms. The maximum Gasteiger partial charge on any atom is 0.367 e. The molecule has 0 saturated heterocycles. The van der Waals surface area contributed by atoms with Crippen LogP contribution >= 0.6 is 23.2 Å². The summed E-state index contributed by atoms with van der Waals surface area (Å²) in [6.45, 7) is -0.415. The molecule has 3 aromatic carbocycles. The van der Waals surface area contributed by atoms with E-state index in [1.165, 1.54) is 6.20 Å². The second-order valence-electron chi connectivity index (χ2n) is 7.48. The molecule has 2 heterocycles. The monoisotopic (exact) mass is 500 g/mol. The van der Waals surface area contributed by atoms with Gasteiger partial charge in [-0.25, -0.2) is 22.6 Å². The predicted octanol–water partition coefficient (Wildman–Crippen LogP) is 6.00. The van der Waals surface area contributed by atoms with Gasteiger partial charge in [-0.1, -0.05) is 47.5 Å². The number of rotatable bonds is 4. The fourth-order valence-corrected chi connectivity index (χ4v) is 3.91. The van der Waals surface area contributed by atoms with Crippen LogP contribution in [-0.2, 0) is 6.54 Å². The van der Waals surface area contributed by atoms with Crippen molar-refractivity contribution in [1.82, 2.24) is 19.4 Å². The van der Waals surface area contributed by atoms with Gasteiger partial charge in [0.25, 0.3) is 0 Å². The molecule has 0 aliphatic carbocycles. The van der Waals surface area contributed by atoms with Crippen LogP contribution in [0.15, 0.2) is 71.7 Å². The lowest BCUT2D eigenvalue weighted by Gasteiger charge is -2.11. The molecule has 34 heavy (non-hydrogen) atoms. The summed E-state index contributed by atoms with van der Waals surface area (Å²) in [5.41, 5.74) is 2.03. The predicted molar refractivity (Wildman–Crippen MR) is 124 cm³/mol. The average Bonchev–Trinajstić information content (AvgIpc) is 3.13. The Morgan fingerprint density at radius 1 is 0.794 bits per heavy atom. The second kappa shape index (κ2) is 8.62. The molecule has 0 aliphatic heterocycles. The Bertz CT molecular complexity index is 1600. The van der Waals surface area contributed by atoms with Crippen LogP contribution in [0.25, 0.3) is 27.9 Å². The molecule has 0 bridgehead atoms. The Hall–Kier alpha value is -3.62. The summed E-state index contributed by atoms with van der Waals surface area (Å²) in [6, 6.07) is 15.1. The van der Waals surface area contributed by atoms with E-state index in [-0.39, 0.29) is 11.2 Å². The number of aromatic nitrogens is 4. The lowest BCUT2D eigenvalue weighted by molar-refractivity contribution is 0.485. The lowest BCUT2D eigenvalue weighted by Crippen LogP contribution is -2.23. The minimum atomic E-state index is -1.32. The first-order chi connectivity index (χ1) is 16.3. The zero-order valence-electron chi connectivity index (χ0n) is 17.1. The third-order valence-corrected chi connectivity index (χ3v) is 5.81. The van der Waals surface area contributed by atoms with E-state index in [9.17, 15) is 18.0 Å². The van der Waals surface area contributed by atoms with E-state index >= 15 is 0 Å². The van der Waals surface area contributed by atoms with Gasteiger partial charge in [0.15, 0.2) is 17.3 Å². The average molecular weight is 501 g/mol. The second-order valence-corrected chi connectivity index (χ2v) is 8.35. The zero-order chi connectivity index (χ0) is 24.0. The Morgan fingerprint density at radius 2 is 1.38 bits per heavy atom. The number of benzene rings is 3. The highest BCUT2D eigenvalue weighted by molar-refractivity contribution is 6.31. The van der Waals surface area contributed by atoms with Crippen LogP contribution in [-0.4, -0.2) is 19.4 Å². The van der Waals surface area contributed by atoms with Gasteiger partial charge in [0.2, 0.25) is 0 Å². The standard InChI is InChI=1S/C24H13Cl2F3N4O/c25-16-5-1-13(2-6-16)18-11-30-33-23(22(18)14-3-7-17(26)8-4-14)31-32(24(33)34)12-15-9-20(28)21(29)10-19(15)27/h1-11H,12H2. The number of fused-ring (bicyclic) bond motifs is 1. The van der Waals surface area contributed by atoms with Gasteiger partial charge in [-0.05, 0) is 41.5 Å². The summed E-state index contributed by atoms with van der Waals surface area (Å²) in [7, 11) is 0. The summed E-state index contributed by atoms with van der Waals surface area (Å²) in [4.78, 5) is 13.0. The maximum atomic E-state index is 14.2. The van der Waals surface area contributed by atoms with Crippen LogP contribution in [0.3, 0.4) is 0 Å². The fourth-order valence-electron chi connectivity index (χ4n) is 3.66. The molecule has 5 nitrogen and oxygen atoms in total. The van der Waals surface area contributed by atoms with Crippen molar-refractivity contribution >= 4 is 28.8 Å². The summed E-state index contributed by atoms with van der Waals surface area (Å²) >= 11 is 12.1. The van der Waals surface area contributed by atoms with E-state index < -0.39 is 29.7 Å². The van der Waals surface area contributed by atoms with Crippen molar-refractivity contribution in [2.24, 2.45) is 0 Å². The SMILES string of the molecule is O=c1n(Cc2cc(F)c(F)cc2F)nc2c(-c3ccc(Cl)cc3)c(-c3ccc(Cl)cc3)cnn12. The quantitative estimate of drug-likeness (QED) is 0.284. The van der Waals surface area contributed by atoms with Crippen LogP contribution in [0.2, 0.25) is 10.0 Å². The molecule has 0 fully saturated rings. The smallest absolute Gasteiger partial charge is 0.244 e. The van der Waals surface area contributed by atoms with Gasteiger partial charge in [0, 0.05) is 32.8 Å². The van der Waals surface area contributed by atoms with Gasteiger partial charge in [-0.2, -0.15) is 9.61 Å². The van der Waals surface area contributed by atoms with Crippen LogP contribution in [0.1, 0.15) is 5.56 Å². The van der Waals surface area contributed by atoms with Crippen molar-refractivity contribution in [3.63, 3.8) is 0 Å². The summed E-state index contributed by atoms with van der Waals surface area (Å²) in [5, 5.41) is 9.68. The van der Waals surface area contributed by atoms with Crippen molar-refractivity contribution in [3.05, 3.63) is 110 Å². The summed E-state index contributed by atoms with van der Waals surface area (Å²) in [5.74, 6) is -3.53. The van der Waals surface area contributed by atoms with Gasteiger partial charge >= 0.3 is 5.69 Å². The van der Waals surface area contributed by atoms with Gasteiger partial charge in [-0.3, -0.25) is 0 Å². The third kappa shape index (κ3) is 3.95. The molecular weight excluding hydrogens is 488 g/mol. The first kappa shape index (κ1) is 22.2. The lowest BCUT2D eigenvalue weighted by atomic mass is 9.97. The maximum absolute atomic E-state index is 14.2. The van der Waals surface area contributed by atoms with Crippen molar-refractivity contribution in [1.29, 1.82) is 0 Å². The number of hydrogen-bond donors (Lipinski definition) is 0. The summed E-state index contributed by atoms with van der Waals surface area (Å²) < 4.78 is 43.2. The number of halogens is 5. The Balaban J connectivity index is 1.73. The van der Waals surface area contributed by atoms with E-state index in [1.54, 1.807) is 48.5 Å². The molecule has 5 aromatic rings. The van der Waals surface area contributed by atoms with E-state index in [0.29, 0.717) is 38.9 Å². The van der Waals surface area contributed by atoms with Gasteiger partial charge in [0.05, 0.1) is 12.7 Å². The molecule has 0 amide bonds. The molecule has 2 aromatic heterocycles. The van der Waals surface area contributed by atoms with Crippen molar-refractivity contribution < 1.29 is 13.2 Å². The van der Waals surface area contributed by atoms with E-state index in [1.807, 2.05) is 0 Å². The topological polar surface area (TPSA) is 52.2 Å². The van der Waals surface area contributed by atoms with Crippen molar-refractivity contribution in [2.45, 2.75) is 6.54 Å². The molecule has 0 spiro atoms. The van der Waals surface area contributed by atoms with Crippen molar-refractivity contribution in [2.75, 3.05) is 0 Å². The first-order valence-electron chi connectivity index (χ1n) is 9.96. The molecule has 0 aliphatic rings. The van der Waals surface area contributed by atoms with Gasteiger partial charge in [0.1, 0.15) is 5.82 Å². The fraction of sp³-hybridized carbons (Fsp3) is 0.0417.